The van der Waals surface area contributed by atoms with E-state index in [1.54, 1.807) is 6.20 Å². The molecule has 1 aromatic heterocycles. The Morgan fingerprint density at radius 2 is 1.94 bits per heavy atom. The van der Waals surface area contributed by atoms with Crippen molar-refractivity contribution in [2.45, 2.75) is 50.9 Å². The molecule has 1 aromatic carbocycles. The Morgan fingerprint density at radius 3 is 2.60 bits per heavy atom. The number of hydroxylamine groups is 2. The standard InChI is InChI=1S/C24H30BrN5O5/c1-23(2,3)35-22(32)28-19-15-8-6-7-9-16(15)34-24(19)10-12-30(13-11-24)20-18(21(31)29(4)33-5)27-17(25)14-26-20/h6-9,14,19H,10-13H2,1-5H3,(H,28,32)/t19-/m1/s1. The van der Waals surface area contributed by atoms with Crippen molar-refractivity contribution in [1.29, 1.82) is 0 Å². The van der Waals surface area contributed by atoms with Gasteiger partial charge in [0.1, 0.15) is 27.6 Å². The second kappa shape index (κ2) is 9.62. The molecule has 11 heteroatoms. The molecule has 35 heavy (non-hydrogen) atoms. The van der Waals surface area contributed by atoms with Crippen LogP contribution in [0.1, 0.15) is 55.7 Å². The second-order valence-electron chi connectivity index (χ2n) is 9.62. The first-order valence-electron chi connectivity index (χ1n) is 11.4. The first-order chi connectivity index (χ1) is 16.5. The van der Waals surface area contributed by atoms with Crippen LogP contribution in [-0.2, 0) is 9.57 Å². The van der Waals surface area contributed by atoms with Crippen LogP contribution < -0.4 is 15.0 Å². The molecule has 1 N–H and O–H groups in total. The molecule has 2 amide bonds. The van der Waals surface area contributed by atoms with E-state index in [0.717, 1.165) is 16.4 Å². The van der Waals surface area contributed by atoms with Crippen LogP contribution in [0, 0.1) is 0 Å². The highest BCUT2D eigenvalue weighted by molar-refractivity contribution is 9.10. The number of carbonyl (C=O) groups excluding carboxylic acids is 2. The molecule has 1 saturated heterocycles. The monoisotopic (exact) mass is 547 g/mol. The van der Waals surface area contributed by atoms with Gasteiger partial charge in [-0.3, -0.25) is 9.63 Å². The number of halogens is 1. The predicted molar refractivity (Wildman–Crippen MR) is 132 cm³/mol. The molecule has 4 rings (SSSR count). The van der Waals surface area contributed by atoms with Crippen molar-refractivity contribution >= 4 is 33.7 Å². The van der Waals surface area contributed by atoms with Gasteiger partial charge in [-0.2, -0.15) is 0 Å². The minimum Gasteiger partial charge on any atom is -0.484 e. The number of rotatable bonds is 4. The maximum Gasteiger partial charge on any atom is 0.408 e. The summed E-state index contributed by atoms with van der Waals surface area (Å²) in [6.07, 6.45) is 2.26. The Balaban J connectivity index is 1.58. The zero-order valence-corrected chi connectivity index (χ0v) is 22.1. The van der Waals surface area contributed by atoms with Crippen molar-refractivity contribution in [2.75, 3.05) is 32.1 Å². The molecule has 2 aliphatic rings. The van der Waals surface area contributed by atoms with Crippen molar-refractivity contribution in [3.8, 4) is 5.75 Å². The van der Waals surface area contributed by atoms with Crippen LogP contribution in [0.5, 0.6) is 5.75 Å². The Kier molecular flexibility index (Phi) is 6.92. The molecule has 0 saturated carbocycles. The molecule has 1 atom stereocenters. The highest BCUT2D eigenvalue weighted by atomic mass is 79.9. The van der Waals surface area contributed by atoms with E-state index in [-0.39, 0.29) is 11.7 Å². The number of nitrogens with zero attached hydrogens (tertiary/aromatic N) is 4. The Morgan fingerprint density at radius 1 is 1.26 bits per heavy atom. The molecular formula is C24H30BrN5O5. The van der Waals surface area contributed by atoms with E-state index in [2.05, 4.69) is 31.2 Å². The fourth-order valence-electron chi connectivity index (χ4n) is 4.46. The Bertz CT molecular complexity index is 1110. The van der Waals surface area contributed by atoms with Crippen LogP contribution in [0.15, 0.2) is 35.1 Å². The van der Waals surface area contributed by atoms with Gasteiger partial charge in [0, 0.05) is 38.5 Å². The maximum atomic E-state index is 12.8. The van der Waals surface area contributed by atoms with Crippen LogP contribution in [0.25, 0.3) is 0 Å². The number of fused-ring (bicyclic) bond motifs is 1. The molecule has 10 nitrogen and oxygen atoms in total. The van der Waals surface area contributed by atoms with Crippen molar-refractivity contribution in [1.82, 2.24) is 20.3 Å². The average Bonchev–Trinajstić information content (AvgIpc) is 3.10. The van der Waals surface area contributed by atoms with Crippen LogP contribution >= 0.6 is 15.9 Å². The Hall–Kier alpha value is -2.92. The fourth-order valence-corrected chi connectivity index (χ4v) is 4.74. The summed E-state index contributed by atoms with van der Waals surface area (Å²) in [7, 11) is 2.94. The van der Waals surface area contributed by atoms with Crippen molar-refractivity contribution in [2.24, 2.45) is 0 Å². The van der Waals surface area contributed by atoms with Gasteiger partial charge in [0.25, 0.3) is 5.91 Å². The van der Waals surface area contributed by atoms with Gasteiger partial charge in [-0.15, -0.1) is 0 Å². The number of hydrogen-bond acceptors (Lipinski definition) is 8. The van der Waals surface area contributed by atoms with Crippen LogP contribution in [0.2, 0.25) is 0 Å². The van der Waals surface area contributed by atoms with E-state index in [4.69, 9.17) is 14.3 Å². The van der Waals surface area contributed by atoms with E-state index in [1.165, 1.54) is 14.2 Å². The lowest BCUT2D eigenvalue weighted by atomic mass is 9.82. The minimum absolute atomic E-state index is 0.193. The maximum absolute atomic E-state index is 12.8. The number of amides is 2. The normalized spacial score (nSPS) is 18.6. The molecule has 0 aliphatic carbocycles. The molecule has 0 unspecified atom stereocenters. The summed E-state index contributed by atoms with van der Waals surface area (Å²) in [5.74, 6) is 0.831. The number of anilines is 1. The number of nitrogens with one attached hydrogen (secondary N) is 1. The summed E-state index contributed by atoms with van der Waals surface area (Å²) in [4.78, 5) is 41.5. The van der Waals surface area contributed by atoms with E-state index in [9.17, 15) is 9.59 Å². The molecule has 1 fully saturated rings. The SMILES string of the molecule is CON(C)C(=O)c1nc(Br)cnc1N1CCC2(CC1)Oc1ccccc1[C@H]2NC(=O)OC(C)(C)C. The van der Waals surface area contributed by atoms with Crippen LogP contribution in [0.4, 0.5) is 10.6 Å². The van der Waals surface area contributed by atoms with E-state index in [0.29, 0.717) is 36.4 Å². The number of hydrogen-bond donors (Lipinski definition) is 1. The lowest BCUT2D eigenvalue weighted by molar-refractivity contribution is -0.0760. The van der Waals surface area contributed by atoms with E-state index >= 15 is 0 Å². The summed E-state index contributed by atoms with van der Waals surface area (Å²) in [5.41, 5.74) is -0.141. The first kappa shape index (κ1) is 25.2. The van der Waals surface area contributed by atoms with E-state index in [1.807, 2.05) is 49.9 Å². The van der Waals surface area contributed by atoms with Gasteiger partial charge in [0.05, 0.1) is 13.3 Å². The highest BCUT2D eigenvalue weighted by Gasteiger charge is 2.51. The number of carbonyl (C=O) groups is 2. The van der Waals surface area contributed by atoms with Crippen molar-refractivity contribution in [3.63, 3.8) is 0 Å². The van der Waals surface area contributed by atoms with Crippen LogP contribution in [0.3, 0.4) is 0 Å². The number of piperidine rings is 1. The summed E-state index contributed by atoms with van der Waals surface area (Å²) >= 11 is 3.30. The number of ether oxygens (including phenoxy) is 2. The number of benzene rings is 1. The first-order valence-corrected chi connectivity index (χ1v) is 12.2. The van der Waals surface area contributed by atoms with Gasteiger partial charge in [-0.05, 0) is 42.8 Å². The third kappa shape index (κ3) is 5.20. The molecule has 188 valence electrons. The summed E-state index contributed by atoms with van der Waals surface area (Å²) < 4.78 is 12.5. The quantitative estimate of drug-likeness (QED) is 0.575. The third-order valence-electron chi connectivity index (χ3n) is 6.13. The lowest BCUT2D eigenvalue weighted by Gasteiger charge is -2.42. The predicted octanol–water partition coefficient (Wildman–Crippen LogP) is 3.87. The van der Waals surface area contributed by atoms with Gasteiger partial charge in [-0.25, -0.2) is 19.8 Å². The summed E-state index contributed by atoms with van der Waals surface area (Å²) in [6.45, 7) is 6.60. The lowest BCUT2D eigenvalue weighted by Crippen LogP contribution is -2.54. The number of alkyl carbamates (subject to hydrolysis) is 1. The van der Waals surface area contributed by atoms with Crippen molar-refractivity contribution in [3.05, 3.63) is 46.3 Å². The topological polar surface area (TPSA) is 106 Å². The molecule has 2 aromatic rings. The van der Waals surface area contributed by atoms with Gasteiger partial charge < -0.3 is 19.7 Å². The van der Waals surface area contributed by atoms with Gasteiger partial charge in [-0.1, -0.05) is 18.2 Å². The highest BCUT2D eigenvalue weighted by Crippen LogP contribution is 2.48. The summed E-state index contributed by atoms with van der Waals surface area (Å²) in [6, 6.07) is 7.36. The van der Waals surface area contributed by atoms with Crippen LogP contribution in [-0.4, -0.2) is 65.5 Å². The van der Waals surface area contributed by atoms with Gasteiger partial charge in [0.15, 0.2) is 11.5 Å². The smallest absolute Gasteiger partial charge is 0.408 e. The van der Waals surface area contributed by atoms with Gasteiger partial charge in [0.2, 0.25) is 0 Å². The minimum atomic E-state index is -0.645. The largest absolute Gasteiger partial charge is 0.484 e. The third-order valence-corrected chi connectivity index (χ3v) is 6.51. The zero-order valence-electron chi connectivity index (χ0n) is 20.5. The number of aromatic nitrogens is 2. The molecule has 3 heterocycles. The van der Waals surface area contributed by atoms with Crippen molar-refractivity contribution < 1.29 is 23.9 Å². The molecule has 2 aliphatic heterocycles. The molecule has 0 radical (unpaired) electrons. The number of para-hydroxylation sites is 1. The van der Waals surface area contributed by atoms with E-state index < -0.39 is 23.2 Å². The summed E-state index contributed by atoms with van der Waals surface area (Å²) in [5, 5.41) is 4.16. The van der Waals surface area contributed by atoms with Gasteiger partial charge >= 0.3 is 6.09 Å². The molecule has 0 bridgehead atoms. The Labute approximate surface area is 213 Å². The molecular weight excluding hydrogens is 518 g/mol. The fraction of sp³-hybridized carbons (Fsp3) is 0.500. The zero-order chi connectivity index (χ0) is 25.4. The molecule has 1 spiro atoms. The second-order valence-corrected chi connectivity index (χ2v) is 10.4. The average molecular weight is 548 g/mol.